The SMILES string of the molecule is CCOC(=O)C1(C(=O)OCC)COC1. The van der Waals surface area contributed by atoms with Gasteiger partial charge < -0.3 is 14.2 Å². The molecule has 1 rings (SSSR count). The third-order valence-electron chi connectivity index (χ3n) is 2.03. The molecule has 14 heavy (non-hydrogen) atoms. The van der Waals surface area contributed by atoms with E-state index >= 15 is 0 Å². The number of rotatable bonds is 4. The Hall–Kier alpha value is -1.10. The maximum Gasteiger partial charge on any atom is 0.328 e. The van der Waals surface area contributed by atoms with Crippen LogP contribution in [0, 0.1) is 5.41 Å². The summed E-state index contributed by atoms with van der Waals surface area (Å²) in [6, 6.07) is 0. The van der Waals surface area contributed by atoms with Crippen LogP contribution in [-0.4, -0.2) is 38.4 Å². The smallest absolute Gasteiger partial charge is 0.328 e. The molecule has 1 heterocycles. The normalized spacial score (nSPS) is 18.1. The van der Waals surface area contributed by atoms with E-state index in [2.05, 4.69) is 0 Å². The lowest BCUT2D eigenvalue weighted by molar-refractivity contribution is -0.202. The van der Waals surface area contributed by atoms with E-state index in [0.717, 1.165) is 0 Å². The first-order valence-electron chi connectivity index (χ1n) is 4.59. The molecule has 1 saturated heterocycles. The molecule has 0 aromatic carbocycles. The largest absolute Gasteiger partial charge is 0.465 e. The Morgan fingerprint density at radius 2 is 1.57 bits per heavy atom. The molecule has 0 spiro atoms. The van der Waals surface area contributed by atoms with Gasteiger partial charge in [0.25, 0.3) is 0 Å². The fourth-order valence-electron chi connectivity index (χ4n) is 1.16. The van der Waals surface area contributed by atoms with Gasteiger partial charge in [0.1, 0.15) is 0 Å². The van der Waals surface area contributed by atoms with E-state index in [0.29, 0.717) is 0 Å². The van der Waals surface area contributed by atoms with E-state index in [9.17, 15) is 9.59 Å². The zero-order chi connectivity index (χ0) is 10.6. The molecule has 0 bridgehead atoms. The van der Waals surface area contributed by atoms with Gasteiger partial charge in [-0.25, -0.2) is 0 Å². The highest BCUT2D eigenvalue weighted by molar-refractivity contribution is 6.01. The van der Waals surface area contributed by atoms with Crippen molar-refractivity contribution in [2.24, 2.45) is 5.41 Å². The van der Waals surface area contributed by atoms with E-state index in [1.807, 2.05) is 0 Å². The third-order valence-corrected chi connectivity index (χ3v) is 2.03. The van der Waals surface area contributed by atoms with Crippen molar-refractivity contribution in [1.82, 2.24) is 0 Å². The maximum atomic E-state index is 11.5. The average Bonchev–Trinajstić information content (AvgIpc) is 2.02. The molecular formula is C9H14O5. The zero-order valence-corrected chi connectivity index (χ0v) is 8.37. The van der Waals surface area contributed by atoms with E-state index < -0.39 is 17.4 Å². The molecule has 80 valence electrons. The van der Waals surface area contributed by atoms with Crippen LogP contribution in [0.25, 0.3) is 0 Å². The van der Waals surface area contributed by atoms with Crippen molar-refractivity contribution in [3.63, 3.8) is 0 Å². The van der Waals surface area contributed by atoms with Crippen LogP contribution in [0.1, 0.15) is 13.8 Å². The van der Waals surface area contributed by atoms with Gasteiger partial charge in [-0.15, -0.1) is 0 Å². The Kier molecular flexibility index (Phi) is 3.46. The molecular weight excluding hydrogens is 188 g/mol. The molecule has 5 nitrogen and oxygen atoms in total. The van der Waals surface area contributed by atoms with E-state index in [1.54, 1.807) is 13.8 Å². The fraction of sp³-hybridized carbons (Fsp3) is 0.778. The number of carbonyl (C=O) groups is 2. The van der Waals surface area contributed by atoms with Gasteiger partial charge >= 0.3 is 11.9 Å². The van der Waals surface area contributed by atoms with Crippen molar-refractivity contribution >= 4 is 11.9 Å². The van der Waals surface area contributed by atoms with Gasteiger partial charge in [0.2, 0.25) is 5.41 Å². The molecule has 0 saturated carbocycles. The molecule has 5 heteroatoms. The highest BCUT2D eigenvalue weighted by atomic mass is 16.6. The van der Waals surface area contributed by atoms with Crippen molar-refractivity contribution in [1.29, 1.82) is 0 Å². The maximum absolute atomic E-state index is 11.5. The minimum absolute atomic E-state index is 0.0602. The van der Waals surface area contributed by atoms with Crippen LogP contribution in [0.2, 0.25) is 0 Å². The van der Waals surface area contributed by atoms with Crippen LogP contribution in [-0.2, 0) is 23.8 Å². The molecule has 0 N–H and O–H groups in total. The zero-order valence-electron chi connectivity index (χ0n) is 8.37. The lowest BCUT2D eigenvalue weighted by Crippen LogP contribution is -2.56. The van der Waals surface area contributed by atoms with Crippen LogP contribution in [0.5, 0.6) is 0 Å². The summed E-state index contributed by atoms with van der Waals surface area (Å²) in [4.78, 5) is 22.9. The lowest BCUT2D eigenvalue weighted by atomic mass is 9.86. The number of carbonyl (C=O) groups excluding carboxylic acids is 2. The minimum Gasteiger partial charge on any atom is -0.465 e. The molecule has 0 aromatic heterocycles. The topological polar surface area (TPSA) is 61.8 Å². The number of hydrogen-bond donors (Lipinski definition) is 0. The van der Waals surface area contributed by atoms with Crippen LogP contribution in [0.15, 0.2) is 0 Å². The molecule has 0 unspecified atom stereocenters. The second-order valence-electron chi connectivity index (χ2n) is 3.02. The molecule has 1 aliphatic heterocycles. The number of hydrogen-bond acceptors (Lipinski definition) is 5. The average molecular weight is 202 g/mol. The Bertz CT molecular complexity index is 211. The van der Waals surface area contributed by atoms with Gasteiger partial charge in [-0.2, -0.15) is 0 Å². The van der Waals surface area contributed by atoms with Gasteiger partial charge in [-0.05, 0) is 13.8 Å². The summed E-state index contributed by atoms with van der Waals surface area (Å²) in [6.07, 6.45) is 0. The van der Waals surface area contributed by atoms with Gasteiger partial charge in [0.05, 0.1) is 26.4 Å². The minimum atomic E-state index is -1.20. The highest BCUT2D eigenvalue weighted by Crippen LogP contribution is 2.30. The lowest BCUT2D eigenvalue weighted by Gasteiger charge is -2.35. The summed E-state index contributed by atoms with van der Waals surface area (Å²) in [6.45, 7) is 4.00. The van der Waals surface area contributed by atoms with Gasteiger partial charge in [-0.1, -0.05) is 0 Å². The second-order valence-corrected chi connectivity index (χ2v) is 3.02. The van der Waals surface area contributed by atoms with Crippen molar-refractivity contribution < 1.29 is 23.8 Å². The fourth-order valence-corrected chi connectivity index (χ4v) is 1.16. The molecule has 0 amide bonds. The summed E-state index contributed by atoms with van der Waals surface area (Å²) >= 11 is 0. The van der Waals surface area contributed by atoms with Crippen LogP contribution in [0.3, 0.4) is 0 Å². The van der Waals surface area contributed by atoms with Crippen LogP contribution >= 0.6 is 0 Å². The predicted molar refractivity (Wildman–Crippen MR) is 46.5 cm³/mol. The van der Waals surface area contributed by atoms with Crippen molar-refractivity contribution in [3.05, 3.63) is 0 Å². The van der Waals surface area contributed by atoms with Crippen molar-refractivity contribution in [2.75, 3.05) is 26.4 Å². The van der Waals surface area contributed by atoms with E-state index in [-0.39, 0.29) is 26.4 Å². The van der Waals surface area contributed by atoms with Crippen LogP contribution < -0.4 is 0 Å². The second kappa shape index (κ2) is 4.41. The first-order chi connectivity index (χ1) is 6.67. The van der Waals surface area contributed by atoms with Gasteiger partial charge in [0.15, 0.2) is 0 Å². The highest BCUT2D eigenvalue weighted by Gasteiger charge is 2.55. The van der Waals surface area contributed by atoms with Gasteiger partial charge in [0, 0.05) is 0 Å². The standard InChI is InChI=1S/C9H14O5/c1-3-13-7(10)9(5-12-6-9)8(11)14-4-2/h3-6H2,1-2H3. The summed E-state index contributed by atoms with van der Waals surface area (Å²) in [5.41, 5.74) is -1.20. The summed E-state index contributed by atoms with van der Waals surface area (Å²) < 4.78 is 14.5. The third kappa shape index (κ3) is 1.72. The Morgan fingerprint density at radius 1 is 1.14 bits per heavy atom. The molecule has 0 radical (unpaired) electrons. The molecule has 0 aromatic rings. The van der Waals surface area contributed by atoms with Crippen molar-refractivity contribution in [2.45, 2.75) is 13.8 Å². The van der Waals surface area contributed by atoms with Gasteiger partial charge in [-0.3, -0.25) is 9.59 Å². The first kappa shape index (κ1) is 11.0. The number of ether oxygens (including phenoxy) is 3. The van der Waals surface area contributed by atoms with E-state index in [4.69, 9.17) is 14.2 Å². The molecule has 1 fully saturated rings. The summed E-state index contributed by atoms with van der Waals surface area (Å²) in [7, 11) is 0. The quantitative estimate of drug-likeness (QED) is 0.479. The summed E-state index contributed by atoms with van der Waals surface area (Å²) in [5.74, 6) is -1.10. The molecule has 1 aliphatic rings. The number of esters is 2. The van der Waals surface area contributed by atoms with Crippen molar-refractivity contribution in [3.8, 4) is 0 Å². The monoisotopic (exact) mass is 202 g/mol. The summed E-state index contributed by atoms with van der Waals surface area (Å²) in [5, 5.41) is 0. The Balaban J connectivity index is 2.65. The van der Waals surface area contributed by atoms with Crippen LogP contribution in [0.4, 0.5) is 0 Å². The van der Waals surface area contributed by atoms with E-state index in [1.165, 1.54) is 0 Å². The predicted octanol–water partition coefficient (Wildman–Crippen LogP) is 0.129. The Labute approximate surface area is 82.3 Å². The Morgan fingerprint density at radius 3 is 1.79 bits per heavy atom. The molecule has 0 atom stereocenters. The first-order valence-corrected chi connectivity index (χ1v) is 4.59. The molecule has 0 aliphatic carbocycles.